The molecule has 0 spiro atoms. The van der Waals surface area contributed by atoms with E-state index in [1.807, 2.05) is 37.3 Å². The number of aromatic nitrogens is 4. The van der Waals surface area contributed by atoms with Crippen molar-refractivity contribution in [3.8, 4) is 5.75 Å². The second kappa shape index (κ2) is 10.8. The highest BCUT2D eigenvalue weighted by Gasteiger charge is 2.30. The normalized spacial score (nSPS) is 16.4. The highest BCUT2D eigenvalue weighted by Crippen LogP contribution is 2.39. The van der Waals surface area contributed by atoms with E-state index in [1.165, 1.54) is 11.8 Å². The SMILES string of the molecule is COc1c(Nc2cc(C)[nH]n2)nc(Sc2ccc(NC(=O)C3CC3)cc2)nc1N1CCN(C(C)(C)C)CC1. The third-order valence-electron chi connectivity index (χ3n) is 6.79. The zero-order chi connectivity index (χ0) is 26.9. The Labute approximate surface area is 227 Å². The minimum atomic E-state index is 0.101. The van der Waals surface area contributed by atoms with Crippen LogP contribution < -0.4 is 20.3 Å². The molecule has 2 aliphatic rings. The van der Waals surface area contributed by atoms with Crippen LogP contribution >= 0.6 is 11.8 Å². The van der Waals surface area contributed by atoms with Gasteiger partial charge in [0.25, 0.3) is 0 Å². The third-order valence-corrected chi connectivity index (χ3v) is 7.66. The van der Waals surface area contributed by atoms with Crippen LogP contribution in [0, 0.1) is 12.8 Å². The molecule has 1 saturated carbocycles. The van der Waals surface area contributed by atoms with E-state index in [-0.39, 0.29) is 17.4 Å². The van der Waals surface area contributed by atoms with Crippen molar-refractivity contribution in [3.05, 3.63) is 36.0 Å². The summed E-state index contributed by atoms with van der Waals surface area (Å²) in [6, 6.07) is 9.72. The van der Waals surface area contributed by atoms with Gasteiger partial charge in [0.15, 0.2) is 22.6 Å². The number of amides is 1. The molecule has 2 aromatic heterocycles. The summed E-state index contributed by atoms with van der Waals surface area (Å²) >= 11 is 1.47. The van der Waals surface area contributed by atoms with Gasteiger partial charge in [0.1, 0.15) is 0 Å². The minimum absolute atomic E-state index is 0.101. The van der Waals surface area contributed by atoms with E-state index in [9.17, 15) is 4.79 Å². The molecule has 38 heavy (non-hydrogen) atoms. The summed E-state index contributed by atoms with van der Waals surface area (Å²) in [4.78, 5) is 27.6. The van der Waals surface area contributed by atoms with Crippen LogP contribution in [0.1, 0.15) is 39.3 Å². The molecule has 0 radical (unpaired) electrons. The van der Waals surface area contributed by atoms with E-state index >= 15 is 0 Å². The number of methoxy groups -OCH3 is 1. The van der Waals surface area contributed by atoms with Gasteiger partial charge in [-0.2, -0.15) is 5.10 Å². The van der Waals surface area contributed by atoms with Gasteiger partial charge in [-0.1, -0.05) is 0 Å². The topological polar surface area (TPSA) is 111 Å². The first-order valence-electron chi connectivity index (χ1n) is 13.0. The van der Waals surface area contributed by atoms with E-state index in [1.54, 1.807) is 7.11 Å². The molecule has 5 rings (SSSR count). The Hall–Kier alpha value is -3.31. The molecule has 0 bridgehead atoms. The van der Waals surface area contributed by atoms with E-state index in [2.05, 4.69) is 51.4 Å². The van der Waals surface area contributed by atoms with Gasteiger partial charge in [-0.25, -0.2) is 9.97 Å². The van der Waals surface area contributed by atoms with Crippen molar-refractivity contribution >= 4 is 40.8 Å². The third kappa shape index (κ3) is 6.21. The quantitative estimate of drug-likeness (QED) is 0.353. The lowest BCUT2D eigenvalue weighted by molar-refractivity contribution is -0.117. The van der Waals surface area contributed by atoms with Crippen LogP contribution in [-0.4, -0.2) is 69.8 Å². The molecule has 1 saturated heterocycles. The van der Waals surface area contributed by atoms with E-state index in [4.69, 9.17) is 14.7 Å². The molecule has 1 aliphatic carbocycles. The fraction of sp³-hybridized carbons (Fsp3) is 0.481. The number of aryl methyl sites for hydroxylation is 1. The lowest BCUT2D eigenvalue weighted by Gasteiger charge is -2.42. The number of hydrogen-bond acceptors (Lipinski definition) is 9. The maximum Gasteiger partial charge on any atom is 0.227 e. The Bertz CT molecular complexity index is 1280. The molecule has 202 valence electrons. The number of nitrogens with zero attached hydrogens (tertiary/aromatic N) is 5. The van der Waals surface area contributed by atoms with Crippen LogP contribution in [0.3, 0.4) is 0 Å². The summed E-state index contributed by atoms with van der Waals surface area (Å²) < 4.78 is 5.85. The van der Waals surface area contributed by atoms with Crippen molar-refractivity contribution in [1.29, 1.82) is 0 Å². The summed E-state index contributed by atoms with van der Waals surface area (Å²) in [6.07, 6.45) is 1.97. The average Bonchev–Trinajstić information content (AvgIpc) is 3.67. The monoisotopic (exact) mass is 536 g/mol. The molecule has 10 nitrogen and oxygen atoms in total. The first kappa shape index (κ1) is 26.3. The molecule has 1 amide bonds. The Morgan fingerprint density at radius 3 is 2.39 bits per heavy atom. The highest BCUT2D eigenvalue weighted by molar-refractivity contribution is 7.99. The number of carbonyl (C=O) groups is 1. The smallest absolute Gasteiger partial charge is 0.227 e. The number of nitrogens with one attached hydrogen (secondary N) is 3. The van der Waals surface area contributed by atoms with Crippen molar-refractivity contribution < 1.29 is 9.53 Å². The van der Waals surface area contributed by atoms with Crippen molar-refractivity contribution in [1.82, 2.24) is 25.1 Å². The number of ether oxygens (including phenoxy) is 1. The fourth-order valence-corrected chi connectivity index (χ4v) is 5.20. The number of carbonyl (C=O) groups excluding carboxylic acids is 1. The zero-order valence-electron chi connectivity index (χ0n) is 22.7. The number of H-pyrrole nitrogens is 1. The fourth-order valence-electron chi connectivity index (χ4n) is 4.45. The molecule has 3 aromatic rings. The first-order valence-corrected chi connectivity index (χ1v) is 13.8. The van der Waals surface area contributed by atoms with Gasteiger partial charge in [-0.05, 0) is 76.6 Å². The van der Waals surface area contributed by atoms with Gasteiger partial charge in [-0.15, -0.1) is 0 Å². The lowest BCUT2D eigenvalue weighted by atomic mass is 10.0. The van der Waals surface area contributed by atoms with Gasteiger partial charge in [-0.3, -0.25) is 14.8 Å². The molecular formula is C27H36N8O2S. The minimum Gasteiger partial charge on any atom is -0.490 e. The molecule has 3 heterocycles. The number of aromatic amines is 1. The van der Waals surface area contributed by atoms with Crippen LogP contribution in [0.5, 0.6) is 5.75 Å². The van der Waals surface area contributed by atoms with E-state index in [0.29, 0.717) is 22.5 Å². The van der Waals surface area contributed by atoms with Gasteiger partial charge in [0.05, 0.1) is 7.11 Å². The average molecular weight is 537 g/mol. The molecule has 11 heteroatoms. The molecule has 2 fully saturated rings. The molecular weight excluding hydrogens is 500 g/mol. The van der Waals surface area contributed by atoms with Crippen LogP contribution in [0.4, 0.5) is 23.1 Å². The predicted octanol–water partition coefficient (Wildman–Crippen LogP) is 4.68. The Morgan fingerprint density at radius 1 is 1.11 bits per heavy atom. The van der Waals surface area contributed by atoms with Crippen LogP contribution in [0.2, 0.25) is 0 Å². The summed E-state index contributed by atoms with van der Waals surface area (Å²) in [5, 5.41) is 14.2. The van der Waals surface area contributed by atoms with Crippen molar-refractivity contribution in [2.45, 2.75) is 56.1 Å². The Kier molecular flexibility index (Phi) is 7.49. The van der Waals surface area contributed by atoms with E-state index in [0.717, 1.165) is 61.1 Å². The van der Waals surface area contributed by atoms with Gasteiger partial charge < -0.3 is 20.3 Å². The van der Waals surface area contributed by atoms with Crippen molar-refractivity contribution in [2.24, 2.45) is 5.92 Å². The molecule has 3 N–H and O–H groups in total. The summed E-state index contributed by atoms with van der Waals surface area (Å²) in [5.41, 5.74) is 1.87. The highest BCUT2D eigenvalue weighted by atomic mass is 32.2. The maximum absolute atomic E-state index is 12.1. The summed E-state index contributed by atoms with van der Waals surface area (Å²) in [6.45, 7) is 12.3. The van der Waals surface area contributed by atoms with Gasteiger partial charge >= 0.3 is 0 Å². The predicted molar refractivity (Wildman–Crippen MR) is 151 cm³/mol. The molecule has 0 unspecified atom stereocenters. The molecule has 0 atom stereocenters. The largest absolute Gasteiger partial charge is 0.490 e. The number of piperazine rings is 1. The van der Waals surface area contributed by atoms with Crippen molar-refractivity contribution in [3.63, 3.8) is 0 Å². The number of anilines is 4. The standard InChI is InChI=1S/C27H36N8O2S/c1-17-16-21(33-32-17)29-23-22(37-5)24(34-12-14-35(15-13-34)27(2,3)4)31-26(30-23)38-20-10-8-19(9-11-20)28-25(36)18-6-7-18/h8-11,16,18H,6-7,12-15H2,1-5H3,(H,28,36)(H2,29,30,31,32,33). The van der Waals surface area contributed by atoms with Crippen molar-refractivity contribution in [2.75, 3.05) is 48.8 Å². The first-order chi connectivity index (χ1) is 18.2. The lowest BCUT2D eigenvalue weighted by Crippen LogP contribution is -2.53. The van der Waals surface area contributed by atoms with Crippen LogP contribution in [0.25, 0.3) is 0 Å². The Morgan fingerprint density at radius 2 is 1.82 bits per heavy atom. The number of benzene rings is 1. The Balaban J connectivity index is 1.41. The molecule has 1 aromatic carbocycles. The number of hydrogen-bond donors (Lipinski definition) is 3. The van der Waals surface area contributed by atoms with E-state index < -0.39 is 0 Å². The van der Waals surface area contributed by atoms with Crippen LogP contribution in [0.15, 0.2) is 40.4 Å². The summed E-state index contributed by atoms with van der Waals surface area (Å²) in [7, 11) is 1.65. The van der Waals surface area contributed by atoms with Gasteiger partial charge in [0, 0.05) is 60.0 Å². The summed E-state index contributed by atoms with van der Waals surface area (Å²) in [5.74, 6) is 2.86. The number of rotatable bonds is 8. The van der Waals surface area contributed by atoms with Gasteiger partial charge in [0.2, 0.25) is 11.7 Å². The maximum atomic E-state index is 12.1. The second-order valence-corrected chi connectivity index (χ2v) is 11.8. The second-order valence-electron chi connectivity index (χ2n) is 10.8. The van der Waals surface area contributed by atoms with Crippen LogP contribution in [-0.2, 0) is 4.79 Å². The molecule has 1 aliphatic heterocycles. The zero-order valence-corrected chi connectivity index (χ0v) is 23.5.